The quantitative estimate of drug-likeness (QED) is 0.471. The van der Waals surface area contributed by atoms with E-state index in [1.54, 1.807) is 18.9 Å². The van der Waals surface area contributed by atoms with Crippen LogP contribution in [0.4, 0.5) is 0 Å². The predicted molar refractivity (Wildman–Crippen MR) is 80.1 cm³/mol. The van der Waals surface area contributed by atoms with Crippen molar-refractivity contribution < 1.29 is 4.74 Å². The minimum absolute atomic E-state index is 0.490. The maximum atomic E-state index is 5.87. The maximum absolute atomic E-state index is 5.87. The van der Waals surface area contributed by atoms with E-state index in [2.05, 4.69) is 9.97 Å². The van der Waals surface area contributed by atoms with Crippen LogP contribution in [0, 0.1) is 0 Å². The third-order valence-electron chi connectivity index (χ3n) is 2.25. The Morgan fingerprint density at radius 1 is 1.21 bits per heavy atom. The molecule has 0 aliphatic heterocycles. The predicted octanol–water partition coefficient (Wildman–Crippen LogP) is 4.15. The molecule has 3 nitrogen and oxygen atoms in total. The van der Waals surface area contributed by atoms with Crippen molar-refractivity contribution in [3.63, 3.8) is 0 Å². The zero-order chi connectivity index (χ0) is 13.7. The monoisotopic (exact) mass is 312 g/mol. The van der Waals surface area contributed by atoms with Gasteiger partial charge in [-0.15, -0.1) is 0 Å². The van der Waals surface area contributed by atoms with Crippen molar-refractivity contribution in [2.45, 2.75) is 21.7 Å². The fraction of sp³-hybridized carbons (Fsp3) is 0.231. The molecule has 1 heterocycles. The summed E-state index contributed by atoms with van der Waals surface area (Å²) in [6.07, 6.45) is 1.96. The molecule has 0 atom stereocenters. The molecule has 0 aliphatic carbocycles. The van der Waals surface area contributed by atoms with Gasteiger partial charge < -0.3 is 4.74 Å². The first-order valence-electron chi connectivity index (χ1n) is 5.55. The number of thioether (sulfide) groups is 1. The average molecular weight is 313 g/mol. The molecule has 0 N–H and O–H groups in total. The van der Waals surface area contributed by atoms with Crippen LogP contribution in [0.1, 0.15) is 5.69 Å². The van der Waals surface area contributed by atoms with Crippen molar-refractivity contribution >= 4 is 35.1 Å². The van der Waals surface area contributed by atoms with E-state index in [9.17, 15) is 0 Å². The van der Waals surface area contributed by atoms with E-state index in [0.29, 0.717) is 6.61 Å². The van der Waals surface area contributed by atoms with Gasteiger partial charge in [-0.3, -0.25) is 0 Å². The molecular formula is C13H13ClN2OS2. The largest absolute Gasteiger partial charge is 0.378 e. The lowest BCUT2D eigenvalue weighted by atomic mass is 10.4. The SMILES string of the molecule is COCc1cc(Sc2ccc(Cl)cc2)nc(SC)n1. The molecule has 19 heavy (non-hydrogen) atoms. The van der Waals surface area contributed by atoms with Gasteiger partial charge in [-0.2, -0.15) is 0 Å². The van der Waals surface area contributed by atoms with Gasteiger partial charge in [0.2, 0.25) is 0 Å². The molecule has 1 aromatic carbocycles. The van der Waals surface area contributed by atoms with Crippen molar-refractivity contribution in [1.82, 2.24) is 9.97 Å². The van der Waals surface area contributed by atoms with Gasteiger partial charge in [-0.05, 0) is 36.6 Å². The summed E-state index contributed by atoms with van der Waals surface area (Å²) in [6, 6.07) is 9.64. The minimum Gasteiger partial charge on any atom is -0.378 e. The molecule has 6 heteroatoms. The molecule has 0 saturated carbocycles. The van der Waals surface area contributed by atoms with Gasteiger partial charge in [-0.1, -0.05) is 35.1 Å². The molecule has 0 fully saturated rings. The highest BCUT2D eigenvalue weighted by Gasteiger charge is 2.06. The van der Waals surface area contributed by atoms with E-state index >= 15 is 0 Å². The third kappa shape index (κ3) is 4.38. The molecule has 2 aromatic rings. The lowest BCUT2D eigenvalue weighted by Crippen LogP contribution is -1.97. The van der Waals surface area contributed by atoms with Crippen molar-refractivity contribution in [2.24, 2.45) is 0 Å². The Balaban J connectivity index is 2.23. The van der Waals surface area contributed by atoms with Gasteiger partial charge in [0.15, 0.2) is 5.16 Å². The summed E-state index contributed by atoms with van der Waals surface area (Å²) in [5.41, 5.74) is 0.887. The molecule has 0 aliphatic rings. The summed E-state index contributed by atoms with van der Waals surface area (Å²) < 4.78 is 5.12. The van der Waals surface area contributed by atoms with Crippen LogP contribution < -0.4 is 0 Å². The Labute approximate surface area is 126 Å². The van der Waals surface area contributed by atoms with Crippen LogP contribution in [0.5, 0.6) is 0 Å². The van der Waals surface area contributed by atoms with Crippen LogP contribution in [-0.4, -0.2) is 23.3 Å². The number of hydrogen-bond donors (Lipinski definition) is 0. The summed E-state index contributed by atoms with van der Waals surface area (Å²) in [5, 5.41) is 2.40. The van der Waals surface area contributed by atoms with E-state index in [4.69, 9.17) is 16.3 Å². The molecule has 2 rings (SSSR count). The molecule has 0 radical (unpaired) electrons. The first-order chi connectivity index (χ1) is 9.21. The molecule has 0 spiro atoms. The molecule has 0 amide bonds. The Morgan fingerprint density at radius 2 is 1.95 bits per heavy atom. The summed E-state index contributed by atoms with van der Waals surface area (Å²) in [6.45, 7) is 0.490. The van der Waals surface area contributed by atoms with E-state index in [0.717, 1.165) is 25.8 Å². The lowest BCUT2D eigenvalue weighted by molar-refractivity contribution is 0.180. The second kappa shape index (κ2) is 7.14. The number of halogens is 1. The van der Waals surface area contributed by atoms with Gasteiger partial charge in [0, 0.05) is 17.0 Å². The Kier molecular flexibility index (Phi) is 5.51. The molecular weight excluding hydrogens is 300 g/mol. The van der Waals surface area contributed by atoms with E-state index in [1.165, 1.54) is 11.8 Å². The standard InChI is InChI=1S/C13H13ClN2OS2/c1-17-8-10-7-12(16-13(15-10)18-2)19-11-5-3-9(14)4-6-11/h3-7H,8H2,1-2H3. The maximum Gasteiger partial charge on any atom is 0.188 e. The van der Waals surface area contributed by atoms with Gasteiger partial charge in [0.05, 0.1) is 12.3 Å². The highest BCUT2D eigenvalue weighted by Crippen LogP contribution is 2.28. The second-order valence-electron chi connectivity index (χ2n) is 3.67. The summed E-state index contributed by atoms with van der Waals surface area (Å²) in [7, 11) is 1.66. The second-order valence-corrected chi connectivity index (χ2v) is 5.98. The van der Waals surface area contributed by atoms with Gasteiger partial charge in [0.25, 0.3) is 0 Å². The van der Waals surface area contributed by atoms with Crippen molar-refractivity contribution in [3.05, 3.63) is 41.0 Å². The number of nitrogens with zero attached hydrogens (tertiary/aromatic N) is 2. The molecule has 100 valence electrons. The first kappa shape index (κ1) is 14.7. The lowest BCUT2D eigenvalue weighted by Gasteiger charge is -2.06. The van der Waals surface area contributed by atoms with E-state index in [-0.39, 0.29) is 0 Å². The summed E-state index contributed by atoms with van der Waals surface area (Å²) >= 11 is 8.99. The number of methoxy groups -OCH3 is 1. The number of rotatable bonds is 5. The number of ether oxygens (including phenoxy) is 1. The Morgan fingerprint density at radius 3 is 2.58 bits per heavy atom. The molecule has 0 saturated heterocycles. The van der Waals surface area contributed by atoms with Crippen LogP contribution in [0.2, 0.25) is 5.02 Å². The molecule has 1 aromatic heterocycles. The minimum atomic E-state index is 0.490. The highest BCUT2D eigenvalue weighted by atomic mass is 35.5. The van der Waals surface area contributed by atoms with Crippen molar-refractivity contribution in [1.29, 1.82) is 0 Å². The fourth-order valence-electron chi connectivity index (χ4n) is 1.44. The third-order valence-corrected chi connectivity index (χ3v) is 3.97. The van der Waals surface area contributed by atoms with Crippen molar-refractivity contribution in [3.8, 4) is 0 Å². The zero-order valence-electron chi connectivity index (χ0n) is 10.6. The number of aromatic nitrogens is 2. The van der Waals surface area contributed by atoms with Gasteiger partial charge in [-0.25, -0.2) is 9.97 Å². The first-order valence-corrected chi connectivity index (χ1v) is 7.97. The normalized spacial score (nSPS) is 10.7. The van der Waals surface area contributed by atoms with Crippen LogP contribution >= 0.6 is 35.1 Å². The van der Waals surface area contributed by atoms with E-state index < -0.39 is 0 Å². The van der Waals surface area contributed by atoms with E-state index in [1.807, 2.05) is 36.6 Å². The van der Waals surface area contributed by atoms with Gasteiger partial charge in [0.1, 0.15) is 5.03 Å². The Bertz CT molecular complexity index is 549. The topological polar surface area (TPSA) is 35.0 Å². The van der Waals surface area contributed by atoms with Crippen LogP contribution in [0.15, 0.2) is 45.4 Å². The van der Waals surface area contributed by atoms with Crippen LogP contribution in [0.3, 0.4) is 0 Å². The number of benzene rings is 1. The molecule has 0 unspecified atom stereocenters. The van der Waals surface area contributed by atoms with Gasteiger partial charge >= 0.3 is 0 Å². The Hall–Kier alpha value is -0.750. The number of hydrogen-bond acceptors (Lipinski definition) is 5. The van der Waals surface area contributed by atoms with Crippen LogP contribution in [-0.2, 0) is 11.3 Å². The fourth-order valence-corrected chi connectivity index (χ4v) is 2.86. The molecule has 0 bridgehead atoms. The summed E-state index contributed by atoms with van der Waals surface area (Å²) in [4.78, 5) is 9.96. The average Bonchev–Trinajstić information content (AvgIpc) is 2.41. The summed E-state index contributed by atoms with van der Waals surface area (Å²) in [5.74, 6) is 0. The zero-order valence-corrected chi connectivity index (χ0v) is 13.0. The van der Waals surface area contributed by atoms with Crippen LogP contribution in [0.25, 0.3) is 0 Å². The van der Waals surface area contributed by atoms with Crippen molar-refractivity contribution in [2.75, 3.05) is 13.4 Å². The highest BCUT2D eigenvalue weighted by molar-refractivity contribution is 7.99. The smallest absolute Gasteiger partial charge is 0.188 e.